The average Bonchev–Trinajstić information content (AvgIpc) is 2.54. The SMILES string of the molecule is CCC(C)NC(=O)c1cc(C)nc(Nc2ccc(C(C)=O)cc2)n1. The number of benzene rings is 1. The number of amides is 1. The van der Waals surface area contributed by atoms with Crippen LogP contribution >= 0.6 is 0 Å². The minimum atomic E-state index is -0.218. The lowest BCUT2D eigenvalue weighted by molar-refractivity contribution is 0.0933. The zero-order chi connectivity index (χ0) is 17.7. The van der Waals surface area contributed by atoms with Crippen LogP contribution in [0.5, 0.6) is 0 Å². The van der Waals surface area contributed by atoms with Gasteiger partial charge in [0, 0.05) is 23.0 Å². The molecule has 2 rings (SSSR count). The van der Waals surface area contributed by atoms with Crippen molar-refractivity contribution in [1.82, 2.24) is 15.3 Å². The standard InChI is InChI=1S/C18H22N4O2/c1-5-11(2)19-17(24)16-10-12(3)20-18(22-16)21-15-8-6-14(7-9-15)13(4)23/h6-11H,5H2,1-4H3,(H,19,24)(H,20,21,22). The molecule has 1 aromatic carbocycles. The number of hydrogen-bond acceptors (Lipinski definition) is 5. The summed E-state index contributed by atoms with van der Waals surface area (Å²) in [6.07, 6.45) is 0.851. The molecule has 0 spiro atoms. The summed E-state index contributed by atoms with van der Waals surface area (Å²) in [5.74, 6) is 0.141. The van der Waals surface area contributed by atoms with Gasteiger partial charge in [0.05, 0.1) is 0 Å². The maximum absolute atomic E-state index is 12.2. The zero-order valence-corrected chi connectivity index (χ0v) is 14.4. The molecule has 0 saturated carbocycles. The molecule has 2 aromatic rings. The highest BCUT2D eigenvalue weighted by Crippen LogP contribution is 2.15. The third-order valence-electron chi connectivity index (χ3n) is 3.62. The predicted molar refractivity (Wildman–Crippen MR) is 93.7 cm³/mol. The quantitative estimate of drug-likeness (QED) is 0.796. The molecule has 1 unspecified atom stereocenters. The monoisotopic (exact) mass is 326 g/mol. The molecule has 0 aliphatic heterocycles. The van der Waals surface area contributed by atoms with Crippen molar-refractivity contribution in [3.05, 3.63) is 47.3 Å². The van der Waals surface area contributed by atoms with Crippen molar-refractivity contribution in [3.8, 4) is 0 Å². The first kappa shape index (κ1) is 17.6. The molecule has 0 aliphatic carbocycles. The first-order valence-corrected chi connectivity index (χ1v) is 7.93. The number of aromatic nitrogens is 2. The summed E-state index contributed by atoms with van der Waals surface area (Å²) < 4.78 is 0. The lowest BCUT2D eigenvalue weighted by Crippen LogP contribution is -2.32. The number of rotatable bonds is 6. The molecule has 1 heterocycles. The average molecular weight is 326 g/mol. The molecular formula is C18H22N4O2. The second kappa shape index (κ2) is 7.68. The first-order valence-electron chi connectivity index (χ1n) is 7.93. The fraction of sp³-hybridized carbons (Fsp3) is 0.333. The summed E-state index contributed by atoms with van der Waals surface area (Å²) in [6, 6.07) is 8.77. The summed E-state index contributed by atoms with van der Waals surface area (Å²) in [7, 11) is 0. The summed E-state index contributed by atoms with van der Waals surface area (Å²) in [4.78, 5) is 32.1. The minimum Gasteiger partial charge on any atom is -0.348 e. The largest absolute Gasteiger partial charge is 0.348 e. The Balaban J connectivity index is 2.18. The molecule has 1 aromatic heterocycles. The van der Waals surface area contributed by atoms with Gasteiger partial charge in [-0.2, -0.15) is 0 Å². The second-order valence-corrected chi connectivity index (χ2v) is 5.76. The normalized spacial score (nSPS) is 11.7. The van der Waals surface area contributed by atoms with Crippen LogP contribution < -0.4 is 10.6 Å². The second-order valence-electron chi connectivity index (χ2n) is 5.76. The van der Waals surface area contributed by atoms with Crippen LogP contribution in [0.4, 0.5) is 11.6 Å². The van der Waals surface area contributed by atoms with Gasteiger partial charge in [-0.25, -0.2) is 9.97 Å². The maximum atomic E-state index is 12.2. The van der Waals surface area contributed by atoms with E-state index >= 15 is 0 Å². The lowest BCUT2D eigenvalue weighted by atomic mass is 10.1. The van der Waals surface area contributed by atoms with Gasteiger partial charge in [-0.3, -0.25) is 9.59 Å². The van der Waals surface area contributed by atoms with E-state index in [9.17, 15) is 9.59 Å². The summed E-state index contributed by atoms with van der Waals surface area (Å²) in [5.41, 5.74) is 2.41. The molecule has 0 aliphatic rings. The van der Waals surface area contributed by atoms with E-state index in [2.05, 4.69) is 20.6 Å². The molecule has 0 radical (unpaired) electrons. The van der Waals surface area contributed by atoms with Gasteiger partial charge in [0.15, 0.2) is 5.78 Å². The number of nitrogens with zero attached hydrogens (tertiary/aromatic N) is 2. The first-order chi connectivity index (χ1) is 11.4. The van der Waals surface area contributed by atoms with Crippen molar-refractivity contribution in [3.63, 3.8) is 0 Å². The van der Waals surface area contributed by atoms with Gasteiger partial charge in [-0.1, -0.05) is 6.92 Å². The molecule has 24 heavy (non-hydrogen) atoms. The zero-order valence-electron chi connectivity index (χ0n) is 14.4. The molecular weight excluding hydrogens is 304 g/mol. The van der Waals surface area contributed by atoms with Crippen molar-refractivity contribution in [2.75, 3.05) is 5.32 Å². The number of carbonyl (C=O) groups excluding carboxylic acids is 2. The van der Waals surface area contributed by atoms with E-state index in [0.717, 1.165) is 12.1 Å². The van der Waals surface area contributed by atoms with Gasteiger partial charge < -0.3 is 10.6 Å². The number of nitrogens with one attached hydrogen (secondary N) is 2. The van der Waals surface area contributed by atoms with Crippen LogP contribution in [-0.4, -0.2) is 27.7 Å². The Morgan fingerprint density at radius 1 is 1.17 bits per heavy atom. The van der Waals surface area contributed by atoms with Gasteiger partial charge in [0.1, 0.15) is 5.69 Å². The van der Waals surface area contributed by atoms with Crippen LogP contribution in [0.15, 0.2) is 30.3 Å². The van der Waals surface area contributed by atoms with E-state index in [1.165, 1.54) is 6.92 Å². The molecule has 6 heteroatoms. The Kier molecular flexibility index (Phi) is 5.63. The van der Waals surface area contributed by atoms with Gasteiger partial charge in [0.25, 0.3) is 5.91 Å². The molecule has 126 valence electrons. The highest BCUT2D eigenvalue weighted by Gasteiger charge is 2.12. The number of carbonyl (C=O) groups is 2. The Bertz CT molecular complexity index is 741. The fourth-order valence-electron chi connectivity index (χ4n) is 2.06. The highest BCUT2D eigenvalue weighted by atomic mass is 16.2. The summed E-state index contributed by atoms with van der Waals surface area (Å²) >= 11 is 0. The molecule has 0 saturated heterocycles. The third kappa shape index (κ3) is 4.62. The molecule has 6 nitrogen and oxygen atoms in total. The van der Waals surface area contributed by atoms with E-state index < -0.39 is 0 Å². The van der Waals surface area contributed by atoms with Crippen LogP contribution in [0.2, 0.25) is 0 Å². The predicted octanol–water partition coefficient (Wildman–Crippen LogP) is 3.26. The van der Waals surface area contributed by atoms with Gasteiger partial charge in [-0.15, -0.1) is 0 Å². The van der Waals surface area contributed by atoms with Crippen molar-refractivity contribution in [2.24, 2.45) is 0 Å². The smallest absolute Gasteiger partial charge is 0.270 e. The van der Waals surface area contributed by atoms with Gasteiger partial charge in [0.2, 0.25) is 5.95 Å². The fourth-order valence-corrected chi connectivity index (χ4v) is 2.06. The number of hydrogen-bond donors (Lipinski definition) is 2. The Morgan fingerprint density at radius 3 is 2.42 bits per heavy atom. The van der Waals surface area contributed by atoms with Gasteiger partial charge in [-0.05, 0) is 57.5 Å². The maximum Gasteiger partial charge on any atom is 0.270 e. The number of aryl methyl sites for hydroxylation is 1. The Hall–Kier alpha value is -2.76. The highest BCUT2D eigenvalue weighted by molar-refractivity contribution is 5.94. The number of anilines is 2. The van der Waals surface area contributed by atoms with E-state index in [-0.39, 0.29) is 17.7 Å². The van der Waals surface area contributed by atoms with Gasteiger partial charge >= 0.3 is 0 Å². The van der Waals surface area contributed by atoms with Crippen molar-refractivity contribution < 1.29 is 9.59 Å². The van der Waals surface area contributed by atoms with Crippen LogP contribution in [0.25, 0.3) is 0 Å². The Morgan fingerprint density at radius 2 is 1.83 bits per heavy atom. The van der Waals surface area contributed by atoms with E-state index in [1.807, 2.05) is 20.8 Å². The van der Waals surface area contributed by atoms with Crippen LogP contribution in [0, 0.1) is 6.92 Å². The summed E-state index contributed by atoms with van der Waals surface area (Å²) in [6.45, 7) is 7.29. The van der Waals surface area contributed by atoms with Crippen molar-refractivity contribution in [2.45, 2.75) is 40.2 Å². The number of ketones is 1. The van der Waals surface area contributed by atoms with Crippen LogP contribution in [0.3, 0.4) is 0 Å². The van der Waals surface area contributed by atoms with Crippen molar-refractivity contribution >= 4 is 23.3 Å². The summed E-state index contributed by atoms with van der Waals surface area (Å²) in [5, 5.41) is 5.95. The van der Waals surface area contributed by atoms with Crippen LogP contribution in [0.1, 0.15) is 53.7 Å². The topological polar surface area (TPSA) is 84.0 Å². The van der Waals surface area contributed by atoms with Crippen LogP contribution in [-0.2, 0) is 0 Å². The van der Waals surface area contributed by atoms with E-state index in [4.69, 9.17) is 0 Å². The third-order valence-corrected chi connectivity index (χ3v) is 3.62. The molecule has 0 bridgehead atoms. The minimum absolute atomic E-state index is 0.0114. The van der Waals surface area contributed by atoms with E-state index in [1.54, 1.807) is 30.3 Å². The van der Waals surface area contributed by atoms with E-state index in [0.29, 0.717) is 22.9 Å². The molecule has 1 amide bonds. The Labute approximate surface area is 141 Å². The van der Waals surface area contributed by atoms with Crippen molar-refractivity contribution in [1.29, 1.82) is 0 Å². The molecule has 1 atom stereocenters. The molecule has 2 N–H and O–H groups in total. The molecule has 0 fully saturated rings. The lowest BCUT2D eigenvalue weighted by Gasteiger charge is -2.12. The number of Topliss-reactive ketones (excluding diaryl/α,β-unsaturated/α-hetero) is 1.